The zero-order chi connectivity index (χ0) is 15.7. The average molecular weight is 322 g/mol. The molecule has 0 unspecified atom stereocenters. The van der Waals surface area contributed by atoms with Crippen molar-refractivity contribution in [1.82, 2.24) is 5.32 Å². The number of alkyl halides is 3. The Labute approximate surface area is 121 Å². The van der Waals surface area contributed by atoms with Crippen LogP contribution in [0.3, 0.4) is 0 Å². The van der Waals surface area contributed by atoms with Crippen LogP contribution in [0.5, 0.6) is 0 Å². The lowest BCUT2D eigenvalue weighted by molar-refractivity contribution is -0.0436. The van der Waals surface area contributed by atoms with Gasteiger partial charge < -0.3 is 10.2 Å². The number of anilines is 1. The highest BCUT2D eigenvalue weighted by Crippen LogP contribution is 2.31. The number of nitrogens with one attached hydrogen (secondary N) is 1. The van der Waals surface area contributed by atoms with Gasteiger partial charge in [-0.05, 0) is 30.7 Å². The Morgan fingerprint density at radius 3 is 2.19 bits per heavy atom. The van der Waals surface area contributed by atoms with Crippen LogP contribution in [0.15, 0.2) is 29.2 Å². The number of halogens is 3. The van der Waals surface area contributed by atoms with Gasteiger partial charge in [-0.25, -0.2) is 8.42 Å². The van der Waals surface area contributed by atoms with E-state index in [9.17, 15) is 21.6 Å². The predicted octanol–water partition coefficient (Wildman–Crippen LogP) is 2.17. The fraction of sp³-hybridized carbons (Fsp3) is 0.538. The molecule has 0 aliphatic carbocycles. The molecule has 0 atom stereocenters. The minimum atomic E-state index is -5.27. The largest absolute Gasteiger partial charge is 0.501 e. The van der Waals surface area contributed by atoms with Crippen LogP contribution >= 0.6 is 0 Å². The van der Waals surface area contributed by atoms with Crippen LogP contribution in [-0.4, -0.2) is 39.6 Å². The normalized spacial score (nSPS) is 16.6. The number of sulfone groups is 1. The lowest BCUT2D eigenvalue weighted by Gasteiger charge is -2.39. The highest BCUT2D eigenvalue weighted by molar-refractivity contribution is 7.92. The van der Waals surface area contributed by atoms with Crippen LogP contribution in [0.25, 0.3) is 0 Å². The van der Waals surface area contributed by atoms with Crippen molar-refractivity contribution in [1.29, 1.82) is 0 Å². The summed E-state index contributed by atoms with van der Waals surface area (Å²) in [5, 5.41) is 3.14. The van der Waals surface area contributed by atoms with Crippen LogP contribution in [-0.2, 0) is 9.84 Å². The summed E-state index contributed by atoms with van der Waals surface area (Å²) in [5.74, 6) is 0. The second-order valence-corrected chi connectivity index (χ2v) is 6.89. The molecule has 0 radical (unpaired) electrons. The Morgan fingerprint density at radius 2 is 1.81 bits per heavy atom. The Bertz CT molecular complexity index is 580. The zero-order valence-corrected chi connectivity index (χ0v) is 12.3. The van der Waals surface area contributed by atoms with E-state index in [1.54, 1.807) is 0 Å². The van der Waals surface area contributed by atoms with Crippen molar-refractivity contribution in [3.63, 3.8) is 0 Å². The Kier molecular flexibility index (Phi) is 4.48. The predicted molar refractivity (Wildman–Crippen MR) is 74.0 cm³/mol. The van der Waals surface area contributed by atoms with Crippen LogP contribution < -0.4 is 10.2 Å². The first-order valence-corrected chi connectivity index (χ1v) is 8.14. The molecular weight excluding hydrogens is 305 g/mol. The van der Waals surface area contributed by atoms with Crippen molar-refractivity contribution in [3.05, 3.63) is 24.3 Å². The van der Waals surface area contributed by atoms with Gasteiger partial charge in [-0.3, -0.25) is 0 Å². The van der Waals surface area contributed by atoms with Gasteiger partial charge in [-0.1, -0.05) is 6.92 Å². The van der Waals surface area contributed by atoms with E-state index in [0.29, 0.717) is 6.04 Å². The maximum absolute atomic E-state index is 12.5. The summed E-state index contributed by atoms with van der Waals surface area (Å²) in [6.45, 7) is 4.44. The van der Waals surface area contributed by atoms with Crippen LogP contribution in [0, 0.1) is 0 Å². The van der Waals surface area contributed by atoms with E-state index in [-0.39, 0.29) is 0 Å². The third-order valence-corrected chi connectivity index (χ3v) is 4.95. The van der Waals surface area contributed by atoms with Gasteiger partial charge in [-0.2, -0.15) is 13.2 Å². The third kappa shape index (κ3) is 3.16. The molecule has 1 aliphatic rings. The van der Waals surface area contributed by atoms with Crippen molar-refractivity contribution in [2.75, 3.05) is 24.5 Å². The molecule has 1 aromatic carbocycles. The summed E-state index contributed by atoms with van der Waals surface area (Å²) < 4.78 is 60.1. The molecule has 1 saturated heterocycles. The first kappa shape index (κ1) is 16.1. The molecule has 4 nitrogen and oxygen atoms in total. The molecule has 1 aromatic rings. The summed E-state index contributed by atoms with van der Waals surface area (Å²) in [4.78, 5) is 1.36. The molecule has 1 aliphatic heterocycles. The number of nitrogens with zero attached hydrogens (tertiary/aromatic N) is 1. The summed E-state index contributed by atoms with van der Waals surface area (Å²) in [7, 11) is -5.27. The summed E-state index contributed by atoms with van der Waals surface area (Å²) in [6.07, 6.45) is 0.902. The Morgan fingerprint density at radius 1 is 1.24 bits per heavy atom. The van der Waals surface area contributed by atoms with Crippen LogP contribution in [0.4, 0.5) is 18.9 Å². The Hall–Kier alpha value is -1.28. The standard InChI is InChI=1S/C13H17F3N2O2S/c1-2-7-18(11-8-17-9-11)10-3-5-12(6-4-10)21(19,20)13(14,15)16/h3-6,11,17H,2,7-9H2,1H3. The second-order valence-electron chi connectivity index (χ2n) is 4.95. The fourth-order valence-corrected chi connectivity index (χ4v) is 2.97. The summed E-state index contributed by atoms with van der Waals surface area (Å²) in [5.41, 5.74) is -4.53. The Balaban J connectivity index is 2.25. The van der Waals surface area contributed by atoms with E-state index >= 15 is 0 Å². The second kappa shape index (κ2) is 5.84. The van der Waals surface area contributed by atoms with Crippen LogP contribution in [0.1, 0.15) is 13.3 Å². The monoisotopic (exact) mass is 322 g/mol. The van der Waals surface area contributed by atoms with E-state index < -0.39 is 20.2 Å². The molecule has 0 amide bonds. The van der Waals surface area contributed by atoms with Gasteiger partial charge in [0.2, 0.25) is 0 Å². The minimum absolute atomic E-state index is 0.301. The van der Waals surface area contributed by atoms with Gasteiger partial charge >= 0.3 is 5.51 Å². The van der Waals surface area contributed by atoms with E-state index in [4.69, 9.17) is 0 Å². The van der Waals surface area contributed by atoms with Crippen molar-refractivity contribution in [3.8, 4) is 0 Å². The van der Waals surface area contributed by atoms with Crippen molar-refractivity contribution < 1.29 is 21.6 Å². The van der Waals surface area contributed by atoms with Crippen molar-refractivity contribution in [2.24, 2.45) is 0 Å². The molecular formula is C13H17F3N2O2S. The average Bonchev–Trinajstić information content (AvgIpc) is 2.35. The lowest BCUT2D eigenvalue weighted by atomic mass is 10.1. The molecule has 0 bridgehead atoms. The molecule has 2 rings (SSSR count). The van der Waals surface area contributed by atoms with Gasteiger partial charge in [0.05, 0.1) is 10.9 Å². The zero-order valence-electron chi connectivity index (χ0n) is 11.5. The lowest BCUT2D eigenvalue weighted by Crippen LogP contribution is -2.57. The highest BCUT2D eigenvalue weighted by Gasteiger charge is 2.46. The van der Waals surface area contributed by atoms with E-state index in [1.807, 2.05) is 6.92 Å². The minimum Gasteiger partial charge on any atom is -0.366 e. The van der Waals surface area contributed by atoms with Gasteiger partial charge in [0, 0.05) is 25.3 Å². The SMILES string of the molecule is CCCN(c1ccc(S(=O)(=O)C(F)(F)F)cc1)C1CNC1. The topological polar surface area (TPSA) is 49.4 Å². The van der Waals surface area contributed by atoms with Gasteiger partial charge in [0.25, 0.3) is 9.84 Å². The van der Waals surface area contributed by atoms with Gasteiger partial charge in [0.1, 0.15) is 0 Å². The summed E-state index contributed by atoms with van der Waals surface area (Å²) >= 11 is 0. The molecule has 1 heterocycles. The molecule has 21 heavy (non-hydrogen) atoms. The maximum atomic E-state index is 12.5. The van der Waals surface area contributed by atoms with Gasteiger partial charge in [-0.15, -0.1) is 0 Å². The smallest absolute Gasteiger partial charge is 0.366 e. The maximum Gasteiger partial charge on any atom is 0.501 e. The summed E-state index contributed by atoms with van der Waals surface area (Å²) in [6, 6.07) is 5.22. The molecule has 1 fully saturated rings. The van der Waals surface area contributed by atoms with Crippen LogP contribution in [0.2, 0.25) is 0 Å². The molecule has 1 N–H and O–H groups in total. The fourth-order valence-electron chi connectivity index (χ4n) is 2.21. The van der Waals surface area contributed by atoms with Gasteiger partial charge in [0.15, 0.2) is 0 Å². The first-order chi connectivity index (χ1) is 9.77. The molecule has 118 valence electrons. The van der Waals surface area contributed by atoms with E-state index in [2.05, 4.69) is 10.2 Å². The quantitative estimate of drug-likeness (QED) is 0.903. The van der Waals surface area contributed by atoms with E-state index in [1.165, 1.54) is 12.1 Å². The number of rotatable bonds is 5. The molecule has 0 aromatic heterocycles. The molecule has 0 spiro atoms. The molecule has 8 heteroatoms. The van der Waals surface area contributed by atoms with E-state index in [0.717, 1.165) is 43.9 Å². The van der Waals surface area contributed by atoms with Crippen molar-refractivity contribution in [2.45, 2.75) is 29.8 Å². The number of benzene rings is 1. The number of hydrogen-bond donors (Lipinski definition) is 1. The van der Waals surface area contributed by atoms with Crippen molar-refractivity contribution >= 4 is 15.5 Å². The highest BCUT2D eigenvalue weighted by atomic mass is 32.2. The first-order valence-electron chi connectivity index (χ1n) is 6.66. The third-order valence-electron chi connectivity index (χ3n) is 3.45. The number of hydrogen-bond acceptors (Lipinski definition) is 4. The molecule has 0 saturated carbocycles.